The topological polar surface area (TPSA) is 66.6 Å². The summed E-state index contributed by atoms with van der Waals surface area (Å²) in [6.07, 6.45) is -2.12. The minimum Gasteiger partial charge on any atom is -0.395 e. The molecular formula is C10H20F2N2O2. The fraction of sp³-hybridized carbons (Fsp3) is 0.900. The molecule has 4 nitrogen and oxygen atoms in total. The molecule has 1 amide bonds. The molecule has 0 aliphatic rings. The summed E-state index contributed by atoms with van der Waals surface area (Å²) in [5.41, 5.74) is 4.66. The average Bonchev–Trinajstić information content (AvgIpc) is 2.26. The quantitative estimate of drug-likeness (QED) is 0.676. The Hall–Kier alpha value is -0.750. The molecule has 0 aromatic heterocycles. The Morgan fingerprint density at radius 2 is 2.12 bits per heavy atom. The number of aliphatic hydroxyl groups is 1. The maximum Gasteiger partial charge on any atom is 0.255 e. The second-order valence-corrected chi connectivity index (χ2v) is 3.98. The monoisotopic (exact) mass is 238 g/mol. The van der Waals surface area contributed by atoms with Crippen LogP contribution in [-0.2, 0) is 4.79 Å². The molecule has 0 bridgehead atoms. The number of amides is 1. The molecule has 1 unspecified atom stereocenters. The van der Waals surface area contributed by atoms with Gasteiger partial charge in [-0.25, -0.2) is 8.78 Å². The Kier molecular flexibility index (Phi) is 6.43. The molecule has 0 rings (SSSR count). The molecule has 0 fully saturated rings. The molecule has 6 heteroatoms. The third-order valence-corrected chi connectivity index (χ3v) is 2.76. The van der Waals surface area contributed by atoms with Crippen LogP contribution in [0.4, 0.5) is 8.78 Å². The molecule has 1 atom stereocenters. The third-order valence-electron chi connectivity index (χ3n) is 2.76. The van der Waals surface area contributed by atoms with E-state index in [-0.39, 0.29) is 19.7 Å². The summed E-state index contributed by atoms with van der Waals surface area (Å²) in [6, 6.07) is 0. The predicted molar refractivity (Wildman–Crippen MR) is 57.1 cm³/mol. The average molecular weight is 238 g/mol. The molecule has 0 saturated carbocycles. The van der Waals surface area contributed by atoms with Gasteiger partial charge in [-0.05, 0) is 13.3 Å². The van der Waals surface area contributed by atoms with Crippen molar-refractivity contribution >= 4 is 5.91 Å². The lowest BCUT2D eigenvalue weighted by Gasteiger charge is -2.32. The van der Waals surface area contributed by atoms with Crippen LogP contribution in [0.15, 0.2) is 0 Å². The van der Waals surface area contributed by atoms with Crippen LogP contribution in [0.25, 0.3) is 0 Å². The van der Waals surface area contributed by atoms with Gasteiger partial charge in [-0.3, -0.25) is 4.79 Å². The minimum atomic E-state index is -2.60. The molecule has 0 aromatic carbocycles. The Morgan fingerprint density at radius 1 is 1.56 bits per heavy atom. The van der Waals surface area contributed by atoms with Crippen molar-refractivity contribution in [3.63, 3.8) is 0 Å². The molecule has 0 spiro atoms. The highest BCUT2D eigenvalue weighted by molar-refractivity contribution is 5.82. The summed E-state index contributed by atoms with van der Waals surface area (Å²) < 4.78 is 24.5. The van der Waals surface area contributed by atoms with Gasteiger partial charge in [0.15, 0.2) is 0 Å². The van der Waals surface area contributed by atoms with E-state index in [1.54, 1.807) is 13.8 Å². The van der Waals surface area contributed by atoms with E-state index in [4.69, 9.17) is 10.8 Å². The van der Waals surface area contributed by atoms with Crippen molar-refractivity contribution < 1.29 is 18.7 Å². The zero-order valence-corrected chi connectivity index (χ0v) is 9.75. The van der Waals surface area contributed by atoms with Crippen molar-refractivity contribution in [3.05, 3.63) is 0 Å². The predicted octanol–water partition coefficient (Wildman–Crippen LogP) is 0.447. The maximum atomic E-state index is 12.3. The maximum absolute atomic E-state index is 12.3. The van der Waals surface area contributed by atoms with Gasteiger partial charge in [0.1, 0.15) is 0 Å². The lowest BCUT2D eigenvalue weighted by molar-refractivity contribution is -0.143. The Bertz CT molecular complexity index is 221. The van der Waals surface area contributed by atoms with Crippen LogP contribution in [0, 0.1) is 5.41 Å². The van der Waals surface area contributed by atoms with Gasteiger partial charge in [-0.1, -0.05) is 6.92 Å². The molecule has 0 saturated heterocycles. The van der Waals surface area contributed by atoms with Crippen LogP contribution in [-0.4, -0.2) is 48.6 Å². The minimum absolute atomic E-state index is 0.0846. The number of hydrogen-bond acceptors (Lipinski definition) is 3. The number of carbonyl (C=O) groups excluding carboxylic acids is 1. The number of alkyl halides is 2. The molecule has 0 aromatic rings. The normalized spacial score (nSPS) is 14.9. The van der Waals surface area contributed by atoms with Gasteiger partial charge in [0.25, 0.3) is 6.43 Å². The van der Waals surface area contributed by atoms with Gasteiger partial charge in [0, 0.05) is 13.1 Å². The lowest BCUT2D eigenvalue weighted by Crippen LogP contribution is -2.48. The van der Waals surface area contributed by atoms with E-state index in [1.165, 1.54) is 0 Å². The molecule has 0 heterocycles. The fourth-order valence-electron chi connectivity index (χ4n) is 1.33. The van der Waals surface area contributed by atoms with E-state index in [1.807, 2.05) is 0 Å². The van der Waals surface area contributed by atoms with Crippen molar-refractivity contribution in [2.75, 3.05) is 26.2 Å². The number of halogens is 2. The summed E-state index contributed by atoms with van der Waals surface area (Å²) in [7, 11) is 0. The number of nitrogens with zero attached hydrogens (tertiary/aromatic N) is 1. The summed E-state index contributed by atoms with van der Waals surface area (Å²) in [4.78, 5) is 12.9. The van der Waals surface area contributed by atoms with Crippen LogP contribution < -0.4 is 5.73 Å². The molecular weight excluding hydrogens is 218 g/mol. The number of rotatable bonds is 7. The first kappa shape index (κ1) is 15.2. The standard InChI is InChI=1S/C10H20F2N2O2/c1-3-10(2,7-13)9(16)14(4-5-15)6-8(11)12/h8,15H,3-7,13H2,1-2H3. The molecule has 3 N–H and O–H groups in total. The van der Waals surface area contributed by atoms with Crippen LogP contribution in [0.2, 0.25) is 0 Å². The summed E-state index contributed by atoms with van der Waals surface area (Å²) in [5, 5.41) is 8.74. The first-order valence-electron chi connectivity index (χ1n) is 5.29. The van der Waals surface area contributed by atoms with E-state index in [9.17, 15) is 13.6 Å². The van der Waals surface area contributed by atoms with Gasteiger partial charge >= 0.3 is 0 Å². The van der Waals surface area contributed by atoms with Crippen LogP contribution in [0.3, 0.4) is 0 Å². The van der Waals surface area contributed by atoms with E-state index >= 15 is 0 Å². The second-order valence-electron chi connectivity index (χ2n) is 3.98. The summed E-state index contributed by atoms with van der Waals surface area (Å²) in [5.74, 6) is -0.424. The van der Waals surface area contributed by atoms with Crippen LogP contribution >= 0.6 is 0 Å². The van der Waals surface area contributed by atoms with Crippen molar-refractivity contribution in [1.29, 1.82) is 0 Å². The Morgan fingerprint density at radius 3 is 2.44 bits per heavy atom. The van der Waals surface area contributed by atoms with Gasteiger partial charge < -0.3 is 15.7 Å². The largest absolute Gasteiger partial charge is 0.395 e. The molecule has 0 aliphatic heterocycles. The molecule has 16 heavy (non-hydrogen) atoms. The highest BCUT2D eigenvalue weighted by Crippen LogP contribution is 2.22. The fourth-order valence-corrected chi connectivity index (χ4v) is 1.33. The summed E-state index contributed by atoms with van der Waals surface area (Å²) >= 11 is 0. The first-order chi connectivity index (χ1) is 7.41. The van der Waals surface area contributed by atoms with Crippen molar-refractivity contribution in [3.8, 4) is 0 Å². The van der Waals surface area contributed by atoms with Crippen molar-refractivity contribution in [1.82, 2.24) is 4.90 Å². The van der Waals surface area contributed by atoms with Gasteiger partial charge in [-0.2, -0.15) is 0 Å². The summed E-state index contributed by atoms with van der Waals surface area (Å²) in [6.45, 7) is 2.46. The van der Waals surface area contributed by atoms with Gasteiger partial charge in [0.2, 0.25) is 5.91 Å². The molecule has 96 valence electrons. The number of hydrogen-bond donors (Lipinski definition) is 2. The lowest BCUT2D eigenvalue weighted by atomic mass is 9.86. The molecule has 0 radical (unpaired) electrons. The van der Waals surface area contributed by atoms with Crippen LogP contribution in [0.1, 0.15) is 20.3 Å². The van der Waals surface area contributed by atoms with E-state index < -0.39 is 24.3 Å². The van der Waals surface area contributed by atoms with Crippen molar-refractivity contribution in [2.45, 2.75) is 26.7 Å². The van der Waals surface area contributed by atoms with Gasteiger partial charge in [-0.15, -0.1) is 0 Å². The number of nitrogens with two attached hydrogens (primary N) is 1. The highest BCUT2D eigenvalue weighted by atomic mass is 19.3. The third kappa shape index (κ3) is 4.02. The van der Waals surface area contributed by atoms with E-state index in [2.05, 4.69) is 0 Å². The smallest absolute Gasteiger partial charge is 0.255 e. The van der Waals surface area contributed by atoms with Crippen LogP contribution in [0.5, 0.6) is 0 Å². The molecule has 0 aliphatic carbocycles. The van der Waals surface area contributed by atoms with Gasteiger partial charge in [0.05, 0.1) is 18.6 Å². The SMILES string of the molecule is CCC(C)(CN)C(=O)N(CCO)CC(F)F. The number of carbonyl (C=O) groups is 1. The van der Waals surface area contributed by atoms with Crippen molar-refractivity contribution in [2.24, 2.45) is 11.1 Å². The van der Waals surface area contributed by atoms with E-state index in [0.29, 0.717) is 6.42 Å². The Labute approximate surface area is 94.4 Å². The highest BCUT2D eigenvalue weighted by Gasteiger charge is 2.34. The second kappa shape index (κ2) is 6.75. The first-order valence-corrected chi connectivity index (χ1v) is 5.29. The Balaban J connectivity index is 4.70. The zero-order chi connectivity index (χ0) is 12.8. The van der Waals surface area contributed by atoms with E-state index in [0.717, 1.165) is 4.90 Å². The zero-order valence-electron chi connectivity index (χ0n) is 9.75. The number of aliphatic hydroxyl groups excluding tert-OH is 1.